The average Bonchev–Trinajstić information content (AvgIpc) is 2.72. The molecule has 0 saturated heterocycles. The van der Waals surface area contributed by atoms with Gasteiger partial charge < -0.3 is 5.21 Å². The molecule has 0 fully saturated rings. The summed E-state index contributed by atoms with van der Waals surface area (Å²) in [5, 5.41) is 14.9. The quantitative estimate of drug-likeness (QED) is 0.364. The molecule has 0 spiro atoms. The van der Waals surface area contributed by atoms with Crippen molar-refractivity contribution in [2.45, 2.75) is 25.7 Å². The highest BCUT2D eigenvalue weighted by molar-refractivity contribution is 5.58. The maximum absolute atomic E-state index is 11.1. The topological polar surface area (TPSA) is 39.8 Å². The Morgan fingerprint density at radius 1 is 1.27 bits per heavy atom. The van der Waals surface area contributed by atoms with Crippen LogP contribution in [0.3, 0.4) is 0 Å². The summed E-state index contributed by atoms with van der Waals surface area (Å²) in [6, 6.07) is 0. The van der Waals surface area contributed by atoms with Crippen molar-refractivity contribution in [2.24, 2.45) is 0 Å². The summed E-state index contributed by atoms with van der Waals surface area (Å²) in [5.41, 5.74) is 5.11. The second-order valence-electron chi connectivity index (χ2n) is 4.38. The van der Waals surface area contributed by atoms with Gasteiger partial charge in [0, 0.05) is 22.5 Å². The first-order valence-electron chi connectivity index (χ1n) is 5.13. The van der Waals surface area contributed by atoms with Crippen LogP contribution in [0.25, 0.3) is 0 Å². The smallest absolute Gasteiger partial charge is 0.214 e. The van der Waals surface area contributed by atoms with E-state index in [1.807, 2.05) is 0 Å². The average molecular weight is 200 g/mol. The minimum Gasteiger partial charge on any atom is -0.594 e. The van der Waals surface area contributed by atoms with Crippen molar-refractivity contribution in [3.05, 3.63) is 52.0 Å². The van der Waals surface area contributed by atoms with Gasteiger partial charge in [0.1, 0.15) is 6.20 Å². The van der Waals surface area contributed by atoms with E-state index in [1.165, 1.54) is 16.7 Å². The second kappa shape index (κ2) is 2.69. The monoisotopic (exact) mass is 200 g/mol. The Hall–Kier alpha value is -1.64. The lowest BCUT2D eigenvalue weighted by atomic mass is 9.97. The summed E-state index contributed by atoms with van der Waals surface area (Å²) in [4.78, 5) is 0.649. The normalized spacial score (nSPS) is 25.9. The predicted octanol–water partition coefficient (Wildman–Crippen LogP) is 1.80. The molecule has 0 radical (unpaired) electrons. The highest BCUT2D eigenvalue weighted by Crippen LogP contribution is 2.52. The zero-order valence-electron chi connectivity index (χ0n) is 8.77. The second-order valence-corrected chi connectivity index (χ2v) is 4.38. The third kappa shape index (κ3) is 1.00. The molecule has 2 atom stereocenters. The van der Waals surface area contributed by atoms with Gasteiger partial charge in [-0.15, -0.1) is 0 Å². The Bertz CT molecular complexity index is 498. The van der Waals surface area contributed by atoms with Gasteiger partial charge in [-0.3, -0.25) is 0 Å². The Labute approximate surface area is 88.3 Å². The van der Waals surface area contributed by atoms with E-state index < -0.39 is 0 Å². The fraction of sp³-hybridized carbons (Fsp3) is 0.333. The number of rotatable bonds is 0. The molecule has 2 bridgehead atoms. The fourth-order valence-electron chi connectivity index (χ4n) is 2.73. The van der Waals surface area contributed by atoms with Crippen LogP contribution in [0.4, 0.5) is 0 Å². The molecule has 1 heterocycles. The lowest BCUT2D eigenvalue weighted by Gasteiger charge is -2.06. The molecule has 2 unspecified atom stereocenters. The van der Waals surface area contributed by atoms with Crippen molar-refractivity contribution >= 4 is 0 Å². The fourth-order valence-corrected chi connectivity index (χ4v) is 2.73. The Kier molecular flexibility index (Phi) is 1.55. The van der Waals surface area contributed by atoms with Gasteiger partial charge in [0.15, 0.2) is 0 Å². The molecule has 3 rings (SSSR count). The third-order valence-corrected chi connectivity index (χ3v) is 3.31. The van der Waals surface area contributed by atoms with Gasteiger partial charge in [0.25, 0.3) is 0 Å². The molecular formula is C12H12N2O. The van der Waals surface area contributed by atoms with E-state index in [0.717, 1.165) is 5.56 Å². The van der Waals surface area contributed by atoms with Crippen molar-refractivity contribution in [2.75, 3.05) is 0 Å². The Balaban J connectivity index is 2.24. The summed E-state index contributed by atoms with van der Waals surface area (Å²) < 4.78 is 0. The molecule has 3 heteroatoms. The maximum Gasteiger partial charge on any atom is 0.214 e. The van der Waals surface area contributed by atoms with Crippen LogP contribution in [-0.2, 0) is 0 Å². The molecule has 0 aliphatic heterocycles. The van der Waals surface area contributed by atoms with Gasteiger partial charge >= 0.3 is 0 Å². The van der Waals surface area contributed by atoms with E-state index in [4.69, 9.17) is 0 Å². The lowest BCUT2D eigenvalue weighted by molar-refractivity contribution is -0.669. The predicted molar refractivity (Wildman–Crippen MR) is 56.2 cm³/mol. The first-order valence-corrected chi connectivity index (χ1v) is 5.13. The van der Waals surface area contributed by atoms with Crippen LogP contribution in [0.1, 0.15) is 36.8 Å². The summed E-state index contributed by atoms with van der Waals surface area (Å²) >= 11 is 0. The zero-order valence-corrected chi connectivity index (χ0v) is 8.77. The van der Waals surface area contributed by atoms with Crippen LogP contribution in [-0.4, -0.2) is 5.10 Å². The maximum atomic E-state index is 11.1. The molecule has 0 amide bonds. The Morgan fingerprint density at radius 2 is 1.93 bits per heavy atom. The molecule has 0 saturated carbocycles. The van der Waals surface area contributed by atoms with Crippen LogP contribution in [0.5, 0.6) is 0 Å². The first-order chi connectivity index (χ1) is 7.18. The number of fused-ring (bicyclic) bond motifs is 5. The molecule has 15 heavy (non-hydrogen) atoms. The van der Waals surface area contributed by atoms with Crippen LogP contribution >= 0.6 is 0 Å². The van der Waals surface area contributed by atoms with Crippen LogP contribution < -0.4 is 4.85 Å². The summed E-state index contributed by atoms with van der Waals surface area (Å²) in [6.45, 7) is 4.26. The zero-order chi connectivity index (χ0) is 10.6. The number of hydrogen-bond donors (Lipinski definition) is 0. The minimum absolute atomic E-state index is 0.318. The van der Waals surface area contributed by atoms with E-state index in [1.54, 1.807) is 12.4 Å². The SMILES string of the molecule is CC(C)=C1C2C=CC1c1c[n+]([O-])ncc12. The minimum atomic E-state index is 0.318. The largest absolute Gasteiger partial charge is 0.594 e. The van der Waals surface area contributed by atoms with E-state index in [2.05, 4.69) is 31.1 Å². The van der Waals surface area contributed by atoms with Gasteiger partial charge in [-0.2, -0.15) is 0 Å². The molecule has 1 aromatic rings. The number of aromatic nitrogens is 2. The summed E-state index contributed by atoms with van der Waals surface area (Å²) in [6.07, 6.45) is 7.72. The molecular weight excluding hydrogens is 188 g/mol. The molecule has 0 aromatic carbocycles. The molecule has 0 N–H and O–H groups in total. The van der Waals surface area contributed by atoms with E-state index in [9.17, 15) is 5.21 Å². The summed E-state index contributed by atoms with van der Waals surface area (Å²) in [7, 11) is 0. The third-order valence-electron chi connectivity index (χ3n) is 3.31. The van der Waals surface area contributed by atoms with E-state index in [0.29, 0.717) is 16.7 Å². The van der Waals surface area contributed by atoms with Crippen molar-refractivity contribution in [1.82, 2.24) is 5.10 Å². The number of allylic oxidation sites excluding steroid dienone is 4. The Morgan fingerprint density at radius 3 is 2.60 bits per heavy atom. The molecule has 76 valence electrons. The van der Waals surface area contributed by atoms with E-state index >= 15 is 0 Å². The van der Waals surface area contributed by atoms with Gasteiger partial charge in [-0.25, -0.2) is 0 Å². The van der Waals surface area contributed by atoms with Gasteiger partial charge in [0.2, 0.25) is 6.20 Å². The van der Waals surface area contributed by atoms with Crippen molar-refractivity contribution < 1.29 is 4.85 Å². The summed E-state index contributed by atoms with van der Waals surface area (Å²) in [5.74, 6) is 0.682. The molecule has 2 aliphatic carbocycles. The number of hydrogen-bond acceptors (Lipinski definition) is 2. The number of nitrogens with zero attached hydrogens (tertiary/aromatic N) is 2. The standard InChI is InChI=1S/C12H12N2O/c1-7(2)12-8-3-4-9(12)11-6-14(15)13-5-10(8)11/h3-6,8-9H,1-2H3. The molecule has 2 aliphatic rings. The lowest BCUT2D eigenvalue weighted by Crippen LogP contribution is -2.31. The van der Waals surface area contributed by atoms with Crippen LogP contribution in [0, 0.1) is 5.21 Å². The van der Waals surface area contributed by atoms with E-state index in [-0.39, 0.29) is 0 Å². The molecule has 1 aromatic heterocycles. The van der Waals surface area contributed by atoms with Crippen molar-refractivity contribution in [3.63, 3.8) is 0 Å². The molecule has 3 nitrogen and oxygen atoms in total. The van der Waals surface area contributed by atoms with Crippen molar-refractivity contribution in [3.8, 4) is 0 Å². The van der Waals surface area contributed by atoms with Gasteiger partial charge in [0.05, 0.1) is 0 Å². The van der Waals surface area contributed by atoms with Crippen LogP contribution in [0.2, 0.25) is 0 Å². The highest BCUT2D eigenvalue weighted by Gasteiger charge is 2.39. The van der Waals surface area contributed by atoms with Crippen LogP contribution in [0.15, 0.2) is 35.7 Å². The van der Waals surface area contributed by atoms with Gasteiger partial charge in [-0.05, 0) is 25.0 Å². The van der Waals surface area contributed by atoms with Crippen molar-refractivity contribution in [1.29, 1.82) is 0 Å². The highest BCUT2D eigenvalue weighted by atomic mass is 16.5. The van der Waals surface area contributed by atoms with Gasteiger partial charge in [-0.1, -0.05) is 22.6 Å². The first kappa shape index (κ1) is 8.65.